The van der Waals surface area contributed by atoms with Gasteiger partial charge in [-0.1, -0.05) is 0 Å². The largest absolute Gasteiger partial charge is 0.304 e. The molecule has 0 rings (SSSR count). The van der Waals surface area contributed by atoms with Crippen molar-refractivity contribution in [3.8, 4) is 0 Å². The van der Waals surface area contributed by atoms with Gasteiger partial charge in [-0.2, -0.15) is 0 Å². The van der Waals surface area contributed by atoms with Gasteiger partial charge in [0.05, 0.1) is 0 Å². The summed E-state index contributed by atoms with van der Waals surface area (Å²) in [5.74, 6) is 0. The van der Waals surface area contributed by atoms with Crippen LogP contribution in [0.25, 0.3) is 0 Å². The molecule has 0 aliphatic carbocycles. The van der Waals surface area contributed by atoms with Crippen LogP contribution in [-0.4, -0.2) is 6.29 Å². The van der Waals surface area contributed by atoms with E-state index >= 15 is 0 Å². The molecule has 0 heterocycles. The van der Waals surface area contributed by atoms with Crippen LogP contribution in [0.15, 0.2) is 0 Å². The third kappa shape index (κ3) is 12.6. The summed E-state index contributed by atoms with van der Waals surface area (Å²) in [7, 11) is 0. The number of hydrogen-bond acceptors (Lipinski definition) is 1. The van der Waals surface area contributed by atoms with Gasteiger partial charge in [-0.05, 0) is 6.92 Å². The van der Waals surface area contributed by atoms with Crippen LogP contribution in [0.5, 0.6) is 0 Å². The maximum atomic E-state index is 8.81. The molecule has 0 aromatic rings. The van der Waals surface area contributed by atoms with Gasteiger partial charge < -0.3 is 4.79 Å². The maximum absolute atomic E-state index is 8.81. The van der Waals surface area contributed by atoms with Crippen LogP contribution in [0.1, 0.15) is 6.92 Å². The van der Waals surface area contributed by atoms with E-state index in [0.29, 0.717) is 0 Å². The van der Waals surface area contributed by atoms with Crippen molar-refractivity contribution in [1.82, 2.24) is 0 Å². The Morgan fingerprint density at radius 2 is 1.75 bits per heavy atom. The third-order valence-electron chi connectivity index (χ3n) is 0. The first-order chi connectivity index (χ1) is 1.41. The molecule has 0 aromatic carbocycles. The standard InChI is InChI=1S/C2H4O.Ho/c1-2-3;/h2H,1H3;. The van der Waals surface area contributed by atoms with Crippen LogP contribution < -0.4 is 0 Å². The summed E-state index contributed by atoms with van der Waals surface area (Å²) in [6.07, 6.45) is 0.750. The van der Waals surface area contributed by atoms with Crippen molar-refractivity contribution < 1.29 is 42.5 Å². The molecule has 0 aliphatic rings. The first-order valence-corrected chi connectivity index (χ1v) is 0.813. The predicted molar refractivity (Wildman–Crippen MR) is 11.7 cm³/mol. The van der Waals surface area contributed by atoms with Gasteiger partial charge in [-0.15, -0.1) is 0 Å². The Morgan fingerprint density at radius 1 is 1.75 bits per heavy atom. The van der Waals surface area contributed by atoms with E-state index < -0.39 is 0 Å². The number of aldehydes is 1. The van der Waals surface area contributed by atoms with Gasteiger partial charge in [-0.3, -0.25) is 0 Å². The van der Waals surface area contributed by atoms with E-state index in [2.05, 4.69) is 0 Å². The number of carbonyl (C=O) groups excluding carboxylic acids is 1. The average Bonchev–Trinajstić information content (AvgIpc) is 0.918. The van der Waals surface area contributed by atoms with Crippen molar-refractivity contribution >= 4 is 6.29 Å². The van der Waals surface area contributed by atoms with Gasteiger partial charge in [0, 0.05) is 37.7 Å². The molecule has 0 atom stereocenters. The second-order valence-corrected chi connectivity index (χ2v) is 0.236. The monoisotopic (exact) mass is 209 g/mol. The summed E-state index contributed by atoms with van der Waals surface area (Å²) in [4.78, 5) is 8.81. The van der Waals surface area contributed by atoms with Gasteiger partial charge in [-0.25, -0.2) is 0 Å². The zero-order chi connectivity index (χ0) is 2.71. The minimum atomic E-state index is 0. The Morgan fingerprint density at radius 3 is 1.75 bits per heavy atom. The maximum Gasteiger partial charge on any atom is 0.116 e. The Hall–Kier alpha value is 0.930. The van der Waals surface area contributed by atoms with Gasteiger partial charge >= 0.3 is 0 Å². The molecule has 0 saturated heterocycles. The van der Waals surface area contributed by atoms with Crippen molar-refractivity contribution in [2.24, 2.45) is 0 Å². The van der Waals surface area contributed by atoms with Gasteiger partial charge in [0.25, 0.3) is 0 Å². The SMILES string of the molecule is CC=O.[Ho]. The summed E-state index contributed by atoms with van der Waals surface area (Å²) >= 11 is 0. The van der Waals surface area contributed by atoms with E-state index in [1.807, 2.05) is 0 Å². The number of rotatable bonds is 0. The average molecular weight is 209 g/mol. The Labute approximate surface area is 55.4 Å². The van der Waals surface area contributed by atoms with E-state index in [9.17, 15) is 0 Å². The summed E-state index contributed by atoms with van der Waals surface area (Å²) in [5, 5.41) is 0. The molecule has 0 aliphatic heterocycles. The minimum Gasteiger partial charge on any atom is -0.304 e. The van der Waals surface area contributed by atoms with Crippen molar-refractivity contribution in [2.75, 3.05) is 0 Å². The smallest absolute Gasteiger partial charge is 0.116 e. The molecule has 2 heteroatoms. The van der Waals surface area contributed by atoms with Crippen LogP contribution in [-0.2, 0) is 4.79 Å². The summed E-state index contributed by atoms with van der Waals surface area (Å²) in [5.41, 5.74) is 0. The van der Waals surface area contributed by atoms with Crippen molar-refractivity contribution in [3.63, 3.8) is 0 Å². The summed E-state index contributed by atoms with van der Waals surface area (Å²) in [6.45, 7) is 1.44. The molecule has 0 amide bonds. The first-order valence-electron chi connectivity index (χ1n) is 0.813. The van der Waals surface area contributed by atoms with Crippen LogP contribution >= 0.6 is 0 Å². The van der Waals surface area contributed by atoms with Crippen LogP contribution in [0, 0.1) is 37.7 Å². The molecule has 0 aromatic heterocycles. The van der Waals surface area contributed by atoms with E-state index in [4.69, 9.17) is 4.79 Å². The second kappa shape index (κ2) is 9.06. The van der Waals surface area contributed by atoms with Crippen molar-refractivity contribution in [3.05, 3.63) is 0 Å². The molecule has 4 heavy (non-hydrogen) atoms. The van der Waals surface area contributed by atoms with Gasteiger partial charge in [0.15, 0.2) is 0 Å². The zero-order valence-corrected chi connectivity index (χ0v) is 4.22. The zero-order valence-electron chi connectivity index (χ0n) is 2.29. The quantitative estimate of drug-likeness (QED) is 0.411. The molecule has 29 valence electrons. The number of hydrogen-bond donors (Lipinski definition) is 0. The van der Waals surface area contributed by atoms with Gasteiger partial charge in [0.1, 0.15) is 6.29 Å². The fraction of sp³-hybridized carbons (Fsp3) is 0.500. The van der Waals surface area contributed by atoms with E-state index in [1.54, 1.807) is 0 Å². The molecule has 0 fully saturated rings. The van der Waals surface area contributed by atoms with Crippen molar-refractivity contribution in [2.45, 2.75) is 6.92 Å². The number of carbonyl (C=O) groups is 1. The fourth-order valence-electron chi connectivity index (χ4n) is 0. The predicted octanol–water partition coefficient (Wildman–Crippen LogP) is 0.205. The Kier molecular flexibility index (Phi) is 20.1. The van der Waals surface area contributed by atoms with Crippen LogP contribution in [0.4, 0.5) is 0 Å². The van der Waals surface area contributed by atoms with Crippen molar-refractivity contribution in [1.29, 1.82) is 0 Å². The van der Waals surface area contributed by atoms with Crippen LogP contribution in [0.3, 0.4) is 0 Å². The molecule has 0 N–H and O–H groups in total. The molecule has 1 radical (unpaired) electrons. The normalized spacial score (nSPS) is 3.25. The second-order valence-electron chi connectivity index (χ2n) is 0.236. The summed E-state index contributed by atoms with van der Waals surface area (Å²) < 4.78 is 0. The molecular weight excluding hydrogens is 205 g/mol. The molecule has 0 unspecified atom stereocenters. The minimum absolute atomic E-state index is 0. The van der Waals surface area contributed by atoms with Gasteiger partial charge in [0.2, 0.25) is 0 Å². The van der Waals surface area contributed by atoms with Crippen LogP contribution in [0.2, 0.25) is 0 Å². The molecule has 0 spiro atoms. The molecular formula is C2H4HoO. The summed E-state index contributed by atoms with van der Waals surface area (Å²) in [6, 6.07) is 0. The first kappa shape index (κ1) is 8.87. The van der Waals surface area contributed by atoms with E-state index in [0.717, 1.165) is 6.29 Å². The topological polar surface area (TPSA) is 17.1 Å². The Bertz CT molecular complexity index is 13.5. The van der Waals surface area contributed by atoms with E-state index in [-0.39, 0.29) is 37.7 Å². The van der Waals surface area contributed by atoms with E-state index in [1.165, 1.54) is 6.92 Å². The third-order valence-corrected chi connectivity index (χ3v) is 0. The molecule has 1 nitrogen and oxygen atoms in total. The Balaban J connectivity index is 0. The molecule has 0 saturated carbocycles. The molecule has 0 bridgehead atoms. The fourth-order valence-corrected chi connectivity index (χ4v) is 0.